The van der Waals surface area contributed by atoms with E-state index < -0.39 is 11.5 Å². The Kier molecular flexibility index (Phi) is 1.75. The molecule has 0 fully saturated rings. The molecule has 0 unspecified atom stereocenters. The molecule has 5 nitrogen and oxygen atoms in total. The summed E-state index contributed by atoms with van der Waals surface area (Å²) >= 11 is 0. The largest absolute Gasteiger partial charge is 0.381 e. The molecule has 0 aromatic carbocycles. The molecule has 0 saturated carbocycles. The van der Waals surface area contributed by atoms with Crippen molar-refractivity contribution in [3.8, 4) is 0 Å². The van der Waals surface area contributed by atoms with Crippen LogP contribution in [0.1, 0.15) is 0 Å². The summed E-state index contributed by atoms with van der Waals surface area (Å²) in [6.07, 6.45) is 0.935. The predicted molar refractivity (Wildman–Crippen MR) is 38.2 cm³/mol. The van der Waals surface area contributed by atoms with Gasteiger partial charge in [0.25, 0.3) is 0 Å². The minimum Gasteiger partial charge on any atom is -0.381 e. The first kappa shape index (κ1) is 7.52. The smallest absolute Gasteiger partial charge is 0.368 e. The van der Waals surface area contributed by atoms with Gasteiger partial charge in [-0.2, -0.15) is 4.98 Å². The lowest BCUT2D eigenvalue weighted by molar-refractivity contribution is 0.600. The number of hydrogen-bond acceptors (Lipinski definition) is 4. The summed E-state index contributed by atoms with van der Waals surface area (Å²) in [5.74, 6) is -1.11. The molecule has 0 atom stereocenters. The first-order valence-corrected chi connectivity index (χ1v) is 2.87. The summed E-state index contributed by atoms with van der Waals surface area (Å²) in [5.41, 5.74) is 6.79. The monoisotopic (exact) mass is 158 g/mol. The van der Waals surface area contributed by atoms with Crippen LogP contribution in [-0.4, -0.2) is 16.7 Å². The van der Waals surface area contributed by atoms with Crippen molar-refractivity contribution in [3.63, 3.8) is 0 Å². The van der Waals surface area contributed by atoms with Crippen LogP contribution in [0, 0.1) is 5.82 Å². The maximum Gasteiger partial charge on any atom is 0.368 e. The Bertz CT molecular complexity index is 321. The number of nitrogens with two attached hydrogens (primary N) is 1. The van der Waals surface area contributed by atoms with Gasteiger partial charge in [0.05, 0.1) is 6.20 Å². The molecule has 0 aliphatic carbocycles. The van der Waals surface area contributed by atoms with Crippen molar-refractivity contribution in [2.24, 2.45) is 0 Å². The summed E-state index contributed by atoms with van der Waals surface area (Å²) in [7, 11) is 1.47. The van der Waals surface area contributed by atoms with E-state index in [-0.39, 0.29) is 5.82 Å². The number of anilines is 1. The van der Waals surface area contributed by atoms with Crippen molar-refractivity contribution < 1.29 is 4.39 Å². The summed E-state index contributed by atoms with van der Waals surface area (Å²) in [6, 6.07) is 0. The van der Waals surface area contributed by atoms with Gasteiger partial charge >= 0.3 is 5.69 Å². The summed E-state index contributed by atoms with van der Waals surface area (Å²) in [5, 5.41) is 0. The molecular formula is C5H7FN4O. The van der Waals surface area contributed by atoms with Crippen LogP contribution in [-0.2, 0) is 0 Å². The minimum atomic E-state index is -0.723. The van der Waals surface area contributed by atoms with Crippen molar-refractivity contribution in [1.82, 2.24) is 9.66 Å². The molecule has 3 N–H and O–H groups in total. The van der Waals surface area contributed by atoms with Crippen molar-refractivity contribution in [1.29, 1.82) is 0 Å². The van der Waals surface area contributed by atoms with Crippen LogP contribution in [0.2, 0.25) is 0 Å². The highest BCUT2D eigenvalue weighted by molar-refractivity contribution is 5.26. The number of hydrogen-bond donors (Lipinski definition) is 2. The SMILES string of the molecule is CNn1cc(F)c(N)nc1=O. The highest BCUT2D eigenvalue weighted by atomic mass is 19.1. The first-order chi connectivity index (χ1) is 5.15. The Morgan fingerprint density at radius 2 is 2.45 bits per heavy atom. The fourth-order valence-corrected chi connectivity index (χ4v) is 0.605. The van der Waals surface area contributed by atoms with Crippen molar-refractivity contribution in [3.05, 3.63) is 22.5 Å². The molecule has 0 saturated heterocycles. The Hall–Kier alpha value is -1.59. The van der Waals surface area contributed by atoms with E-state index in [1.165, 1.54) is 7.05 Å². The Morgan fingerprint density at radius 3 is 3.00 bits per heavy atom. The zero-order chi connectivity index (χ0) is 8.43. The van der Waals surface area contributed by atoms with Gasteiger partial charge in [-0.05, 0) is 0 Å². The zero-order valence-electron chi connectivity index (χ0n) is 5.84. The second kappa shape index (κ2) is 2.57. The molecule has 0 spiro atoms. The van der Waals surface area contributed by atoms with Gasteiger partial charge in [0.1, 0.15) is 0 Å². The van der Waals surface area contributed by atoms with Crippen molar-refractivity contribution in [2.75, 3.05) is 18.2 Å². The third-order valence-corrected chi connectivity index (χ3v) is 1.15. The molecule has 11 heavy (non-hydrogen) atoms. The van der Waals surface area contributed by atoms with Gasteiger partial charge in [-0.1, -0.05) is 0 Å². The van der Waals surface area contributed by atoms with Crippen molar-refractivity contribution in [2.45, 2.75) is 0 Å². The molecule has 0 amide bonds. The van der Waals surface area contributed by atoms with Gasteiger partial charge in [-0.15, -0.1) is 0 Å². The second-order valence-corrected chi connectivity index (χ2v) is 1.85. The average Bonchev–Trinajstić information content (AvgIpc) is 1.97. The number of aromatic nitrogens is 2. The van der Waals surface area contributed by atoms with Gasteiger partial charge in [0, 0.05) is 7.05 Å². The minimum absolute atomic E-state index is 0.387. The van der Waals surface area contributed by atoms with Crippen LogP contribution in [0.3, 0.4) is 0 Å². The normalized spacial score (nSPS) is 9.64. The third-order valence-electron chi connectivity index (χ3n) is 1.15. The lowest BCUT2D eigenvalue weighted by Gasteiger charge is -2.02. The van der Waals surface area contributed by atoms with E-state index >= 15 is 0 Å². The van der Waals surface area contributed by atoms with Crippen LogP contribution in [0.25, 0.3) is 0 Å². The molecule has 1 aromatic rings. The molecule has 0 aliphatic rings. The molecular weight excluding hydrogens is 151 g/mol. The van der Waals surface area contributed by atoms with Crippen LogP contribution in [0.15, 0.2) is 11.0 Å². The van der Waals surface area contributed by atoms with E-state index in [1.807, 2.05) is 0 Å². The van der Waals surface area contributed by atoms with Gasteiger partial charge in [0.15, 0.2) is 11.6 Å². The van der Waals surface area contributed by atoms with Crippen LogP contribution in [0.5, 0.6) is 0 Å². The topological polar surface area (TPSA) is 72.9 Å². The molecule has 1 heterocycles. The highest BCUT2D eigenvalue weighted by Crippen LogP contribution is 1.98. The van der Waals surface area contributed by atoms with E-state index in [0.717, 1.165) is 10.9 Å². The third kappa shape index (κ3) is 1.28. The van der Waals surface area contributed by atoms with Gasteiger partial charge in [-0.25, -0.2) is 13.9 Å². The van der Waals surface area contributed by atoms with E-state index in [9.17, 15) is 9.18 Å². The Labute approximate surface area is 61.6 Å². The van der Waals surface area contributed by atoms with E-state index in [4.69, 9.17) is 5.73 Å². The predicted octanol–water partition coefficient (Wildman–Crippen LogP) is -0.862. The molecule has 0 aliphatic heterocycles. The van der Waals surface area contributed by atoms with Crippen LogP contribution < -0.4 is 16.8 Å². The molecule has 6 heteroatoms. The number of nitrogens with one attached hydrogen (secondary N) is 1. The number of rotatable bonds is 1. The summed E-state index contributed by atoms with van der Waals surface area (Å²) in [4.78, 5) is 14.0. The van der Waals surface area contributed by atoms with E-state index in [0.29, 0.717) is 0 Å². The van der Waals surface area contributed by atoms with E-state index in [1.54, 1.807) is 0 Å². The highest BCUT2D eigenvalue weighted by Gasteiger charge is 2.02. The first-order valence-electron chi connectivity index (χ1n) is 2.87. The Balaban J connectivity index is 3.32. The van der Waals surface area contributed by atoms with Gasteiger partial charge < -0.3 is 11.2 Å². The number of halogens is 1. The maximum atomic E-state index is 12.6. The van der Waals surface area contributed by atoms with Crippen LogP contribution in [0.4, 0.5) is 10.2 Å². The number of nitrogens with zero attached hydrogens (tertiary/aromatic N) is 2. The van der Waals surface area contributed by atoms with Crippen LogP contribution >= 0.6 is 0 Å². The maximum absolute atomic E-state index is 12.6. The van der Waals surface area contributed by atoms with Gasteiger partial charge in [0.2, 0.25) is 0 Å². The molecule has 1 aromatic heterocycles. The van der Waals surface area contributed by atoms with Crippen molar-refractivity contribution >= 4 is 5.82 Å². The fourth-order valence-electron chi connectivity index (χ4n) is 0.605. The van der Waals surface area contributed by atoms with Gasteiger partial charge in [-0.3, -0.25) is 0 Å². The quantitative estimate of drug-likeness (QED) is 0.557. The molecule has 0 bridgehead atoms. The zero-order valence-corrected chi connectivity index (χ0v) is 5.84. The molecule has 1 rings (SSSR count). The van der Waals surface area contributed by atoms with E-state index in [2.05, 4.69) is 10.4 Å². The lowest BCUT2D eigenvalue weighted by atomic mass is 10.6. The fraction of sp³-hybridized carbons (Fsp3) is 0.200. The second-order valence-electron chi connectivity index (χ2n) is 1.85. The average molecular weight is 158 g/mol. The molecule has 60 valence electrons. The number of nitrogen functional groups attached to an aromatic ring is 1. The summed E-state index contributed by atoms with van der Waals surface area (Å²) < 4.78 is 13.5. The lowest BCUT2D eigenvalue weighted by Crippen LogP contribution is -2.29. The molecule has 0 radical (unpaired) electrons. The standard InChI is InChI=1S/C5H7FN4O/c1-8-10-2-3(6)4(7)9-5(10)11/h2,8H,1H3,(H2,7,9,11). The Morgan fingerprint density at radius 1 is 1.82 bits per heavy atom. The summed E-state index contributed by atoms with van der Waals surface area (Å²) in [6.45, 7) is 0.